The average molecular weight is 483 g/mol. The molecule has 2 aliphatic rings. The average Bonchev–Trinajstić information content (AvgIpc) is 3.12. The van der Waals surface area contributed by atoms with Crippen molar-refractivity contribution in [2.45, 2.75) is 57.7 Å². The van der Waals surface area contributed by atoms with Gasteiger partial charge >= 0.3 is 0 Å². The van der Waals surface area contributed by atoms with E-state index in [0.29, 0.717) is 29.8 Å². The summed E-state index contributed by atoms with van der Waals surface area (Å²) in [5.74, 6) is 3.49. The number of pyridine rings is 1. The van der Waals surface area contributed by atoms with Gasteiger partial charge in [0.2, 0.25) is 0 Å². The van der Waals surface area contributed by atoms with Crippen LogP contribution in [0.1, 0.15) is 58.9 Å². The van der Waals surface area contributed by atoms with Crippen LogP contribution in [0, 0.1) is 6.92 Å². The molecule has 0 radical (unpaired) electrons. The first-order valence-corrected chi connectivity index (χ1v) is 13.2. The Balaban J connectivity index is 1.36. The number of hydrogen-bond donors (Lipinski definition) is 2. The molecule has 2 N–H and O–H groups in total. The highest BCUT2D eigenvalue weighted by Crippen LogP contribution is 2.38. The molecule has 7 nitrogen and oxygen atoms in total. The predicted octanol–water partition coefficient (Wildman–Crippen LogP) is 3.81. The summed E-state index contributed by atoms with van der Waals surface area (Å²) in [6.07, 6.45) is 5.65. The minimum Gasteiger partial charge on any atom is -0.496 e. The second kappa shape index (κ2) is 11.1. The Kier molecular flexibility index (Phi) is 7.98. The molecular weight excluding hydrogens is 448 g/mol. The molecule has 0 aliphatic carbocycles. The molecule has 0 saturated carbocycles. The van der Waals surface area contributed by atoms with Crippen LogP contribution in [0.2, 0.25) is 0 Å². The van der Waals surface area contributed by atoms with Crippen LogP contribution in [-0.4, -0.2) is 60.1 Å². The van der Waals surface area contributed by atoms with E-state index in [2.05, 4.69) is 27.4 Å². The molecule has 34 heavy (non-hydrogen) atoms. The lowest BCUT2D eigenvalue weighted by atomic mass is 9.96. The Hall–Kier alpha value is -2.74. The Morgan fingerprint density at radius 2 is 1.91 bits per heavy atom. The van der Waals surface area contributed by atoms with E-state index in [-0.39, 0.29) is 17.9 Å². The maximum atomic E-state index is 13.0. The van der Waals surface area contributed by atoms with Gasteiger partial charge in [0.25, 0.3) is 11.8 Å². The van der Waals surface area contributed by atoms with Crippen molar-refractivity contribution in [3.05, 3.63) is 53.2 Å². The normalized spacial score (nSPS) is 21.3. The Bertz CT molecular complexity index is 1000. The molecule has 3 atom stereocenters. The van der Waals surface area contributed by atoms with Crippen molar-refractivity contribution in [2.75, 3.05) is 30.1 Å². The first-order chi connectivity index (χ1) is 16.5. The number of thioether (sulfide) groups is 1. The number of hydrogen-bond acceptors (Lipinski definition) is 6. The van der Waals surface area contributed by atoms with Crippen LogP contribution in [0.5, 0.6) is 5.75 Å². The number of aromatic nitrogens is 1. The number of anilines is 1. The molecule has 1 aromatic carbocycles. The highest BCUT2D eigenvalue weighted by Gasteiger charge is 2.41. The topological polar surface area (TPSA) is 83.6 Å². The molecule has 2 amide bonds. The van der Waals surface area contributed by atoms with Crippen LogP contribution in [0.25, 0.3) is 0 Å². The summed E-state index contributed by atoms with van der Waals surface area (Å²) in [7, 11) is 1.62. The van der Waals surface area contributed by atoms with Gasteiger partial charge in [-0.15, -0.1) is 0 Å². The first-order valence-electron chi connectivity index (χ1n) is 12.1. The summed E-state index contributed by atoms with van der Waals surface area (Å²) in [6.45, 7) is 4.69. The number of carbonyl (C=O) groups excluding carboxylic acids is 2. The van der Waals surface area contributed by atoms with Crippen molar-refractivity contribution in [1.82, 2.24) is 15.6 Å². The zero-order valence-corrected chi connectivity index (χ0v) is 21.0. The molecule has 0 spiro atoms. The number of methoxy groups -OCH3 is 1. The van der Waals surface area contributed by atoms with Gasteiger partial charge < -0.3 is 20.3 Å². The van der Waals surface area contributed by atoms with E-state index < -0.39 is 0 Å². The van der Waals surface area contributed by atoms with Crippen LogP contribution in [0.3, 0.4) is 0 Å². The third-order valence-electron chi connectivity index (χ3n) is 6.83. The third-order valence-corrected chi connectivity index (χ3v) is 7.73. The van der Waals surface area contributed by atoms with Gasteiger partial charge in [-0.2, -0.15) is 11.8 Å². The van der Waals surface area contributed by atoms with Crippen LogP contribution < -0.4 is 20.3 Å². The number of benzene rings is 1. The number of nitrogens with zero attached hydrogens (tertiary/aromatic N) is 2. The SMILES string of the molecule is CCSCCNC(=O)c1ccc(N2[C@@H]3CC[C@H]2C[C@@H](NC(=O)c2cccc(OC)c2C)C3)nc1. The van der Waals surface area contributed by atoms with E-state index in [1.165, 1.54) is 0 Å². The lowest BCUT2D eigenvalue weighted by molar-refractivity contribution is 0.0924. The number of ether oxygens (including phenoxy) is 1. The fraction of sp³-hybridized carbons (Fsp3) is 0.500. The predicted molar refractivity (Wildman–Crippen MR) is 137 cm³/mol. The fourth-order valence-electron chi connectivity index (χ4n) is 5.17. The molecule has 2 bridgehead atoms. The zero-order valence-electron chi connectivity index (χ0n) is 20.2. The van der Waals surface area contributed by atoms with Crippen molar-refractivity contribution in [1.29, 1.82) is 0 Å². The maximum absolute atomic E-state index is 13.0. The summed E-state index contributed by atoms with van der Waals surface area (Å²) < 4.78 is 5.37. The van der Waals surface area contributed by atoms with Gasteiger partial charge in [0, 0.05) is 47.7 Å². The van der Waals surface area contributed by atoms with Crippen molar-refractivity contribution >= 4 is 29.4 Å². The summed E-state index contributed by atoms with van der Waals surface area (Å²) in [5, 5.41) is 6.21. The number of carbonyl (C=O) groups is 2. The first kappa shape index (κ1) is 24.4. The van der Waals surface area contributed by atoms with E-state index in [0.717, 1.165) is 54.3 Å². The van der Waals surface area contributed by atoms with Crippen LogP contribution in [0.15, 0.2) is 36.5 Å². The molecule has 182 valence electrons. The van der Waals surface area contributed by atoms with Gasteiger partial charge in [-0.3, -0.25) is 9.59 Å². The molecule has 1 aromatic heterocycles. The number of amides is 2. The minimum atomic E-state index is -0.0759. The third kappa shape index (κ3) is 5.32. The fourth-order valence-corrected chi connectivity index (χ4v) is 5.70. The number of fused-ring (bicyclic) bond motifs is 2. The lowest BCUT2D eigenvalue weighted by Gasteiger charge is -2.40. The van der Waals surface area contributed by atoms with E-state index >= 15 is 0 Å². The monoisotopic (exact) mass is 482 g/mol. The van der Waals surface area contributed by atoms with Gasteiger partial charge in [0.1, 0.15) is 11.6 Å². The lowest BCUT2D eigenvalue weighted by Crippen LogP contribution is -2.50. The Morgan fingerprint density at radius 1 is 1.15 bits per heavy atom. The van der Waals surface area contributed by atoms with E-state index in [9.17, 15) is 9.59 Å². The van der Waals surface area contributed by atoms with Crippen molar-refractivity contribution in [3.8, 4) is 5.75 Å². The number of piperidine rings is 1. The summed E-state index contributed by atoms with van der Waals surface area (Å²) in [4.78, 5) is 32.3. The van der Waals surface area contributed by atoms with Crippen molar-refractivity contribution < 1.29 is 14.3 Å². The quantitative estimate of drug-likeness (QED) is 0.529. The van der Waals surface area contributed by atoms with E-state index in [1.807, 2.05) is 49.0 Å². The Labute approximate surface area is 206 Å². The molecule has 4 rings (SSSR count). The van der Waals surface area contributed by atoms with Crippen LogP contribution >= 0.6 is 11.8 Å². The smallest absolute Gasteiger partial charge is 0.252 e. The molecule has 2 aliphatic heterocycles. The summed E-state index contributed by atoms with van der Waals surface area (Å²) in [6, 6.07) is 10.2. The Morgan fingerprint density at radius 3 is 2.56 bits per heavy atom. The molecule has 0 unspecified atom stereocenters. The van der Waals surface area contributed by atoms with Gasteiger partial charge in [0.15, 0.2) is 0 Å². The molecule has 3 heterocycles. The van der Waals surface area contributed by atoms with E-state index in [1.54, 1.807) is 13.3 Å². The minimum absolute atomic E-state index is 0.0416. The van der Waals surface area contributed by atoms with Gasteiger partial charge in [0.05, 0.1) is 12.7 Å². The summed E-state index contributed by atoms with van der Waals surface area (Å²) in [5.41, 5.74) is 2.12. The number of rotatable bonds is 9. The molecule has 2 fully saturated rings. The largest absolute Gasteiger partial charge is 0.496 e. The van der Waals surface area contributed by atoms with Gasteiger partial charge in [-0.25, -0.2) is 4.98 Å². The standard InChI is InChI=1S/C26H34N4O3S/c1-4-34-13-12-27-25(31)18-8-11-24(28-16-18)30-20-9-10-21(30)15-19(14-20)29-26(32)22-6-5-7-23(33-3)17(22)2/h5-8,11,16,19-21H,4,9-10,12-15H2,1-3H3,(H,27,31)(H,29,32)/t19-,20+,21-. The molecule has 8 heteroatoms. The second-order valence-electron chi connectivity index (χ2n) is 8.92. The molecule has 2 aromatic rings. The highest BCUT2D eigenvalue weighted by atomic mass is 32.2. The van der Waals surface area contributed by atoms with Crippen molar-refractivity contribution in [3.63, 3.8) is 0 Å². The van der Waals surface area contributed by atoms with Gasteiger partial charge in [-0.1, -0.05) is 13.0 Å². The second-order valence-corrected chi connectivity index (χ2v) is 10.3. The highest BCUT2D eigenvalue weighted by molar-refractivity contribution is 7.99. The summed E-state index contributed by atoms with van der Waals surface area (Å²) >= 11 is 1.81. The van der Waals surface area contributed by atoms with Crippen LogP contribution in [0.4, 0.5) is 5.82 Å². The van der Waals surface area contributed by atoms with E-state index in [4.69, 9.17) is 4.74 Å². The van der Waals surface area contributed by atoms with Crippen LogP contribution in [-0.2, 0) is 0 Å². The number of nitrogens with one attached hydrogen (secondary N) is 2. The molecular formula is C26H34N4O3S. The van der Waals surface area contributed by atoms with Gasteiger partial charge in [-0.05, 0) is 62.6 Å². The van der Waals surface area contributed by atoms with Crippen molar-refractivity contribution in [2.24, 2.45) is 0 Å². The zero-order chi connectivity index (χ0) is 24.1. The molecule has 2 saturated heterocycles. The maximum Gasteiger partial charge on any atom is 0.252 e.